The maximum atomic E-state index is 12.6. The lowest BCUT2D eigenvalue weighted by molar-refractivity contribution is -0.137. The second kappa shape index (κ2) is 6.81. The van der Waals surface area contributed by atoms with Crippen LogP contribution in [0.4, 0.5) is 13.2 Å². The monoisotopic (exact) mass is 340 g/mol. The Balaban J connectivity index is 2.05. The molecule has 23 heavy (non-hydrogen) atoms. The van der Waals surface area contributed by atoms with Crippen LogP contribution >= 0.6 is 0 Å². The minimum absolute atomic E-state index is 0.0131. The first kappa shape index (κ1) is 17.0. The zero-order chi connectivity index (χ0) is 16.9. The molecule has 1 aromatic carbocycles. The summed E-state index contributed by atoms with van der Waals surface area (Å²) >= 11 is 0. The number of rotatable bonds is 3. The largest absolute Gasteiger partial charge is 0.416 e. The number of hydrogen-bond acceptors (Lipinski definition) is 3. The number of nitrogens with zero attached hydrogens (tertiary/aromatic N) is 1. The topological polar surface area (TPSA) is 59.1 Å². The molecular formula is C15H11F3N2O2S. The Hall–Kier alpha value is -2.37. The van der Waals surface area contributed by atoms with Crippen molar-refractivity contribution in [3.05, 3.63) is 59.9 Å². The van der Waals surface area contributed by atoms with Gasteiger partial charge in [0.2, 0.25) is 10.0 Å². The van der Waals surface area contributed by atoms with Crippen molar-refractivity contribution in [1.82, 2.24) is 9.71 Å². The molecule has 0 bridgehead atoms. The summed E-state index contributed by atoms with van der Waals surface area (Å²) < 4.78 is 63.6. The first-order valence-electron chi connectivity index (χ1n) is 6.35. The van der Waals surface area contributed by atoms with Gasteiger partial charge in [0.15, 0.2) is 0 Å². The molecule has 1 heterocycles. The molecule has 0 aliphatic rings. The fraction of sp³-hybridized carbons (Fsp3) is 0.133. The van der Waals surface area contributed by atoms with Crippen LogP contribution in [0.25, 0.3) is 0 Å². The molecule has 0 saturated carbocycles. The normalized spacial score (nSPS) is 11.6. The molecule has 2 rings (SSSR count). The summed E-state index contributed by atoms with van der Waals surface area (Å²) in [6, 6.07) is 7.35. The van der Waals surface area contributed by atoms with E-state index >= 15 is 0 Å². The molecule has 120 valence electrons. The predicted molar refractivity (Wildman–Crippen MR) is 77.7 cm³/mol. The van der Waals surface area contributed by atoms with Crippen LogP contribution in [-0.2, 0) is 16.2 Å². The van der Waals surface area contributed by atoms with Gasteiger partial charge in [-0.2, -0.15) is 17.9 Å². The van der Waals surface area contributed by atoms with Gasteiger partial charge in [-0.15, -0.1) is 0 Å². The molecule has 0 unspecified atom stereocenters. The zero-order valence-electron chi connectivity index (χ0n) is 11.6. The van der Waals surface area contributed by atoms with Crippen LogP contribution in [0.5, 0.6) is 0 Å². The zero-order valence-corrected chi connectivity index (χ0v) is 12.4. The third-order valence-electron chi connectivity index (χ3n) is 2.72. The van der Waals surface area contributed by atoms with Crippen molar-refractivity contribution >= 4 is 10.0 Å². The summed E-state index contributed by atoms with van der Waals surface area (Å²) in [5.74, 6) is 4.97. The molecule has 0 fully saturated rings. The highest BCUT2D eigenvalue weighted by Gasteiger charge is 2.30. The van der Waals surface area contributed by atoms with Gasteiger partial charge in [-0.3, -0.25) is 4.98 Å². The van der Waals surface area contributed by atoms with Gasteiger partial charge in [0, 0.05) is 18.0 Å². The van der Waals surface area contributed by atoms with Crippen LogP contribution in [0.15, 0.2) is 53.7 Å². The van der Waals surface area contributed by atoms with Gasteiger partial charge in [0.05, 0.1) is 12.1 Å². The Morgan fingerprint density at radius 1 is 1.17 bits per heavy atom. The van der Waals surface area contributed by atoms with Crippen LogP contribution in [0.3, 0.4) is 0 Å². The number of nitrogens with one attached hydrogen (secondary N) is 1. The molecular weight excluding hydrogens is 329 g/mol. The average Bonchev–Trinajstić information content (AvgIpc) is 2.52. The van der Waals surface area contributed by atoms with Crippen molar-refractivity contribution in [1.29, 1.82) is 0 Å². The molecule has 1 N–H and O–H groups in total. The number of alkyl halides is 3. The first-order chi connectivity index (χ1) is 10.8. The van der Waals surface area contributed by atoms with Crippen molar-refractivity contribution < 1.29 is 21.6 Å². The molecule has 0 saturated heterocycles. The Bertz CT molecular complexity index is 838. The average molecular weight is 340 g/mol. The maximum absolute atomic E-state index is 12.6. The van der Waals surface area contributed by atoms with Gasteiger partial charge in [-0.05, 0) is 30.3 Å². The van der Waals surface area contributed by atoms with Crippen molar-refractivity contribution in [3.8, 4) is 11.8 Å². The lowest BCUT2D eigenvalue weighted by Gasteiger charge is -2.05. The summed E-state index contributed by atoms with van der Waals surface area (Å²) in [5, 5.41) is 0. The van der Waals surface area contributed by atoms with Gasteiger partial charge in [0.25, 0.3) is 0 Å². The predicted octanol–water partition coefficient (Wildman–Crippen LogP) is 2.43. The smallest absolute Gasteiger partial charge is 0.263 e. The van der Waals surface area contributed by atoms with Crippen LogP contribution in [-0.4, -0.2) is 19.9 Å². The molecule has 8 heteroatoms. The third kappa shape index (κ3) is 4.81. The lowest BCUT2D eigenvalue weighted by atomic mass is 10.1. The third-order valence-corrected chi connectivity index (χ3v) is 4.10. The van der Waals surface area contributed by atoms with Crippen molar-refractivity contribution in [2.45, 2.75) is 11.1 Å². The fourth-order valence-electron chi connectivity index (χ4n) is 1.64. The van der Waals surface area contributed by atoms with E-state index in [1.165, 1.54) is 36.7 Å². The number of hydrogen-bond donors (Lipinski definition) is 1. The minimum atomic E-state index is -4.44. The van der Waals surface area contributed by atoms with E-state index < -0.39 is 21.8 Å². The van der Waals surface area contributed by atoms with Crippen LogP contribution in [0.2, 0.25) is 0 Å². The second-order valence-electron chi connectivity index (χ2n) is 4.39. The van der Waals surface area contributed by atoms with E-state index in [0.717, 1.165) is 12.1 Å². The van der Waals surface area contributed by atoms with Crippen LogP contribution in [0, 0.1) is 11.8 Å². The molecule has 0 aliphatic heterocycles. The minimum Gasteiger partial charge on any atom is -0.263 e. The lowest BCUT2D eigenvalue weighted by Crippen LogP contribution is -2.24. The summed E-state index contributed by atoms with van der Waals surface area (Å²) in [7, 11) is -3.74. The first-order valence-corrected chi connectivity index (χ1v) is 7.83. The van der Waals surface area contributed by atoms with E-state index in [9.17, 15) is 21.6 Å². The summed E-state index contributed by atoms with van der Waals surface area (Å²) in [6.07, 6.45) is -1.82. The van der Waals surface area contributed by atoms with E-state index in [4.69, 9.17) is 0 Å². The van der Waals surface area contributed by atoms with Crippen molar-refractivity contribution in [3.63, 3.8) is 0 Å². The molecule has 4 nitrogen and oxygen atoms in total. The molecule has 0 atom stereocenters. The highest BCUT2D eigenvalue weighted by atomic mass is 32.2. The standard InChI is InChI=1S/C15H11F3N2O2S/c16-15(17,18)13-6-1-4-12(10-13)5-2-9-20-23(21,22)14-7-3-8-19-11-14/h1,3-4,6-8,10-11,20H,9H2. The van der Waals surface area contributed by atoms with Gasteiger partial charge in [-0.25, -0.2) is 8.42 Å². The number of halogens is 3. The SMILES string of the molecule is O=S(=O)(NCC#Cc1cccc(C(F)(F)F)c1)c1cccnc1. The van der Waals surface area contributed by atoms with E-state index in [2.05, 4.69) is 21.5 Å². The number of aromatic nitrogens is 1. The van der Waals surface area contributed by atoms with Gasteiger partial charge >= 0.3 is 6.18 Å². The molecule has 0 radical (unpaired) electrons. The van der Waals surface area contributed by atoms with Crippen LogP contribution in [0.1, 0.15) is 11.1 Å². The second-order valence-corrected chi connectivity index (χ2v) is 6.16. The Morgan fingerprint density at radius 3 is 2.61 bits per heavy atom. The number of benzene rings is 1. The molecule has 2 aromatic rings. The molecule has 0 aliphatic carbocycles. The van der Waals surface area contributed by atoms with E-state index in [1.54, 1.807) is 0 Å². The molecule has 0 amide bonds. The van der Waals surface area contributed by atoms with Crippen molar-refractivity contribution in [2.75, 3.05) is 6.54 Å². The summed E-state index contributed by atoms with van der Waals surface area (Å²) in [6.45, 7) is -0.229. The number of sulfonamides is 1. The maximum Gasteiger partial charge on any atom is 0.416 e. The quantitative estimate of drug-likeness (QED) is 0.873. The highest BCUT2D eigenvalue weighted by Crippen LogP contribution is 2.29. The fourth-order valence-corrected chi connectivity index (χ4v) is 2.53. The number of pyridine rings is 1. The summed E-state index contributed by atoms with van der Waals surface area (Å²) in [5.41, 5.74) is -0.652. The Morgan fingerprint density at radius 2 is 1.96 bits per heavy atom. The molecule has 0 spiro atoms. The molecule has 1 aromatic heterocycles. The van der Waals surface area contributed by atoms with E-state index in [0.29, 0.717) is 0 Å². The van der Waals surface area contributed by atoms with Gasteiger partial charge < -0.3 is 0 Å². The summed E-state index contributed by atoms with van der Waals surface area (Å²) in [4.78, 5) is 3.68. The Kier molecular flexibility index (Phi) is 5.03. The van der Waals surface area contributed by atoms with Crippen molar-refractivity contribution in [2.24, 2.45) is 0 Å². The van der Waals surface area contributed by atoms with Crippen LogP contribution < -0.4 is 4.72 Å². The van der Waals surface area contributed by atoms with E-state index in [-0.39, 0.29) is 17.0 Å². The van der Waals surface area contributed by atoms with E-state index in [1.807, 2.05) is 0 Å². The highest BCUT2D eigenvalue weighted by molar-refractivity contribution is 7.89. The Labute approximate surface area is 131 Å². The van der Waals surface area contributed by atoms with Gasteiger partial charge in [0.1, 0.15) is 4.90 Å². The van der Waals surface area contributed by atoms with Gasteiger partial charge in [-0.1, -0.05) is 17.9 Å².